The molecule has 4 nitrogen and oxygen atoms in total. The van der Waals surface area contributed by atoms with Crippen molar-refractivity contribution in [2.45, 2.75) is 0 Å². The van der Waals surface area contributed by atoms with E-state index in [1.54, 1.807) is 0 Å². The summed E-state index contributed by atoms with van der Waals surface area (Å²) in [6, 6.07) is 20.5. The first-order chi connectivity index (χ1) is 11.7. The summed E-state index contributed by atoms with van der Waals surface area (Å²) >= 11 is 0. The first-order valence-corrected chi connectivity index (χ1v) is 7.47. The first-order valence-electron chi connectivity index (χ1n) is 7.47. The number of ketones is 1. The molecule has 114 valence electrons. The van der Waals surface area contributed by atoms with Crippen molar-refractivity contribution < 1.29 is 9.90 Å². The highest BCUT2D eigenvalue weighted by molar-refractivity contribution is 6.28. The summed E-state index contributed by atoms with van der Waals surface area (Å²) in [6.45, 7) is 0. The maximum Gasteiger partial charge on any atom is 0.207 e. The highest BCUT2D eigenvalue weighted by atomic mass is 16.3. The summed E-state index contributed by atoms with van der Waals surface area (Å²) in [5, 5.41) is 19.9. The number of rotatable bonds is 2. The van der Waals surface area contributed by atoms with Gasteiger partial charge in [-0.25, -0.2) is 0 Å². The number of hydrogen-bond donors (Lipinski definition) is 2. The maximum absolute atomic E-state index is 12.8. The predicted molar refractivity (Wildman–Crippen MR) is 90.3 cm³/mol. The molecule has 0 saturated heterocycles. The van der Waals surface area contributed by atoms with Gasteiger partial charge in [0.05, 0.1) is 16.8 Å². The third kappa shape index (κ3) is 1.89. The van der Waals surface area contributed by atoms with Gasteiger partial charge in [0.2, 0.25) is 5.78 Å². The average molecular weight is 312 g/mol. The van der Waals surface area contributed by atoms with Crippen LogP contribution < -0.4 is 0 Å². The second-order valence-corrected chi connectivity index (χ2v) is 5.52. The van der Waals surface area contributed by atoms with Crippen molar-refractivity contribution >= 4 is 11.4 Å². The van der Waals surface area contributed by atoms with E-state index in [1.165, 1.54) is 0 Å². The molecule has 0 atom stereocenters. The van der Waals surface area contributed by atoms with Gasteiger partial charge in [0.15, 0.2) is 5.88 Å². The average Bonchev–Trinajstić information content (AvgIpc) is 3.12. The highest BCUT2D eigenvalue weighted by Crippen LogP contribution is 2.46. The Morgan fingerprint density at radius 2 is 1.46 bits per heavy atom. The lowest BCUT2D eigenvalue weighted by molar-refractivity contribution is 0.104. The van der Waals surface area contributed by atoms with Crippen molar-refractivity contribution in [1.29, 1.82) is 5.26 Å². The smallest absolute Gasteiger partial charge is 0.207 e. The largest absolute Gasteiger partial charge is 0.494 e. The standard InChI is InChI=1S/C20H12N2O2/c21-11-14-15(12-7-3-1-4-8-12)16-17(19(14)23)18(22-20(16)24)13-9-5-2-6-10-13/h1-10,22,24H. The Bertz CT molecular complexity index is 1020. The molecular weight excluding hydrogens is 300 g/mol. The van der Waals surface area contributed by atoms with E-state index < -0.39 is 0 Å². The van der Waals surface area contributed by atoms with Crippen molar-refractivity contribution in [3.63, 3.8) is 0 Å². The molecule has 1 heterocycles. The molecule has 0 radical (unpaired) electrons. The summed E-state index contributed by atoms with van der Waals surface area (Å²) in [6.07, 6.45) is 0. The molecular formula is C20H12N2O2. The maximum atomic E-state index is 12.8. The van der Waals surface area contributed by atoms with E-state index in [0.29, 0.717) is 22.4 Å². The first kappa shape index (κ1) is 14.0. The van der Waals surface area contributed by atoms with Crippen LogP contribution in [0.25, 0.3) is 16.8 Å². The molecule has 1 aliphatic carbocycles. The van der Waals surface area contributed by atoms with Crippen LogP contribution in [-0.4, -0.2) is 15.9 Å². The van der Waals surface area contributed by atoms with Gasteiger partial charge < -0.3 is 10.1 Å². The summed E-state index contributed by atoms with van der Waals surface area (Å²) in [4.78, 5) is 15.7. The van der Waals surface area contributed by atoms with E-state index in [1.807, 2.05) is 66.7 Å². The number of nitrogens with zero attached hydrogens (tertiary/aromatic N) is 1. The lowest BCUT2D eigenvalue weighted by Gasteiger charge is -2.03. The Balaban J connectivity index is 2.01. The Morgan fingerprint density at radius 3 is 2.04 bits per heavy atom. The minimum absolute atomic E-state index is 0.0627. The van der Waals surface area contributed by atoms with Crippen molar-refractivity contribution in [2.75, 3.05) is 0 Å². The summed E-state index contributed by atoms with van der Waals surface area (Å²) in [7, 11) is 0. The number of H-pyrrole nitrogens is 1. The van der Waals surface area contributed by atoms with E-state index in [-0.39, 0.29) is 17.2 Å². The molecule has 0 unspecified atom stereocenters. The number of aromatic nitrogens is 1. The molecule has 1 aromatic heterocycles. The van der Waals surface area contributed by atoms with Crippen LogP contribution in [0.5, 0.6) is 5.88 Å². The van der Waals surface area contributed by atoms with Gasteiger partial charge in [0, 0.05) is 5.57 Å². The van der Waals surface area contributed by atoms with Gasteiger partial charge in [0.25, 0.3) is 0 Å². The van der Waals surface area contributed by atoms with Gasteiger partial charge in [-0.3, -0.25) is 4.79 Å². The molecule has 4 heteroatoms. The number of nitrogens with one attached hydrogen (secondary N) is 1. The molecule has 2 aromatic carbocycles. The summed E-state index contributed by atoms with van der Waals surface area (Å²) < 4.78 is 0. The number of carbonyl (C=O) groups excluding carboxylic acids is 1. The van der Waals surface area contributed by atoms with Crippen LogP contribution >= 0.6 is 0 Å². The Morgan fingerprint density at radius 1 is 0.875 bits per heavy atom. The second-order valence-electron chi connectivity index (χ2n) is 5.52. The predicted octanol–water partition coefficient (Wildman–Crippen LogP) is 3.91. The Labute approximate surface area is 138 Å². The second kappa shape index (κ2) is 5.25. The lowest BCUT2D eigenvalue weighted by atomic mass is 9.99. The number of hydrogen-bond acceptors (Lipinski definition) is 3. The van der Waals surface area contributed by atoms with Gasteiger partial charge in [-0.2, -0.15) is 5.26 Å². The summed E-state index contributed by atoms with van der Waals surface area (Å²) in [5.41, 5.74) is 3.35. The molecule has 0 spiro atoms. The fraction of sp³-hybridized carbons (Fsp3) is 0. The third-order valence-electron chi connectivity index (χ3n) is 4.17. The molecule has 1 aliphatic rings. The molecule has 2 N–H and O–H groups in total. The summed E-state index contributed by atoms with van der Waals surface area (Å²) in [5.74, 6) is -0.455. The molecule has 0 amide bonds. The van der Waals surface area contributed by atoms with E-state index >= 15 is 0 Å². The topological polar surface area (TPSA) is 76.9 Å². The zero-order valence-corrected chi connectivity index (χ0v) is 12.6. The number of Topliss-reactive ketones (excluding diaryl/α,β-unsaturated/α-hetero) is 1. The zero-order valence-electron chi connectivity index (χ0n) is 12.6. The number of benzene rings is 2. The number of nitriles is 1. The quantitative estimate of drug-likeness (QED) is 0.753. The lowest BCUT2D eigenvalue weighted by Crippen LogP contribution is -1.98. The van der Waals surface area contributed by atoms with E-state index in [4.69, 9.17) is 0 Å². The zero-order chi connectivity index (χ0) is 16.7. The van der Waals surface area contributed by atoms with Crippen LogP contribution in [0.1, 0.15) is 21.5 Å². The van der Waals surface area contributed by atoms with Gasteiger partial charge in [-0.05, 0) is 11.1 Å². The van der Waals surface area contributed by atoms with Crippen LogP contribution in [-0.2, 0) is 0 Å². The van der Waals surface area contributed by atoms with Crippen LogP contribution in [0.4, 0.5) is 0 Å². The van der Waals surface area contributed by atoms with E-state index in [2.05, 4.69) is 4.98 Å². The minimum Gasteiger partial charge on any atom is -0.494 e. The number of carbonyl (C=O) groups is 1. The fourth-order valence-corrected chi connectivity index (χ4v) is 3.14. The van der Waals surface area contributed by atoms with Crippen molar-refractivity contribution in [1.82, 2.24) is 4.98 Å². The van der Waals surface area contributed by atoms with Crippen molar-refractivity contribution in [3.05, 3.63) is 82.9 Å². The van der Waals surface area contributed by atoms with Gasteiger partial charge >= 0.3 is 0 Å². The highest BCUT2D eigenvalue weighted by Gasteiger charge is 2.37. The molecule has 0 bridgehead atoms. The van der Waals surface area contributed by atoms with Gasteiger partial charge in [-0.1, -0.05) is 60.7 Å². The third-order valence-corrected chi connectivity index (χ3v) is 4.17. The molecule has 3 aromatic rings. The van der Waals surface area contributed by atoms with Gasteiger partial charge in [-0.15, -0.1) is 0 Å². The Kier molecular flexibility index (Phi) is 3.07. The molecule has 0 aliphatic heterocycles. The van der Waals surface area contributed by atoms with Crippen LogP contribution in [0.3, 0.4) is 0 Å². The number of aromatic hydroxyl groups is 1. The van der Waals surface area contributed by atoms with Crippen molar-refractivity contribution in [3.8, 4) is 23.2 Å². The Hall–Kier alpha value is -3.58. The fourth-order valence-electron chi connectivity index (χ4n) is 3.14. The van der Waals surface area contributed by atoms with Crippen LogP contribution in [0, 0.1) is 11.3 Å². The molecule has 0 fully saturated rings. The number of aromatic amines is 1. The monoisotopic (exact) mass is 312 g/mol. The van der Waals surface area contributed by atoms with Crippen molar-refractivity contribution in [2.24, 2.45) is 0 Å². The van der Waals surface area contributed by atoms with Crippen LogP contribution in [0.15, 0.2) is 66.2 Å². The molecule has 0 saturated carbocycles. The number of allylic oxidation sites excluding steroid dienone is 1. The van der Waals surface area contributed by atoms with E-state index in [0.717, 1.165) is 11.1 Å². The minimum atomic E-state index is -0.359. The van der Waals surface area contributed by atoms with Gasteiger partial charge in [0.1, 0.15) is 11.6 Å². The van der Waals surface area contributed by atoms with E-state index in [9.17, 15) is 15.2 Å². The van der Waals surface area contributed by atoms with Crippen LogP contribution in [0.2, 0.25) is 0 Å². The molecule has 4 rings (SSSR count). The SMILES string of the molecule is N#CC1=C(c2ccccc2)c2c(O)[nH]c(-c3ccccc3)c2C1=O. The molecule has 24 heavy (non-hydrogen) atoms. The normalized spacial score (nSPS) is 13.0. The number of fused-ring (bicyclic) bond motifs is 1.